The van der Waals surface area contributed by atoms with Crippen molar-refractivity contribution in [2.75, 3.05) is 0 Å². The fourth-order valence-corrected chi connectivity index (χ4v) is 2.72. The van der Waals surface area contributed by atoms with Crippen LogP contribution < -0.4 is 0 Å². The summed E-state index contributed by atoms with van der Waals surface area (Å²) in [6, 6.07) is 26.1. The maximum Gasteiger partial charge on any atom is -0.0307 e. The first kappa shape index (κ1) is 29.9. The van der Waals surface area contributed by atoms with E-state index in [1.54, 1.807) is 0 Å². The molecular weight excluding hydrogens is 360 g/mol. The summed E-state index contributed by atoms with van der Waals surface area (Å²) in [5.74, 6) is 0. The second-order valence-corrected chi connectivity index (χ2v) is 7.21. The highest BCUT2D eigenvalue weighted by molar-refractivity contribution is 5.23. The van der Waals surface area contributed by atoms with Crippen molar-refractivity contribution in [3.63, 3.8) is 0 Å². The van der Waals surface area contributed by atoms with Crippen molar-refractivity contribution in [1.29, 1.82) is 0 Å². The summed E-state index contributed by atoms with van der Waals surface area (Å²) in [5.41, 5.74) is 8.40. The Morgan fingerprint density at radius 1 is 0.433 bits per heavy atom. The van der Waals surface area contributed by atoms with Crippen molar-refractivity contribution >= 4 is 0 Å². The van der Waals surface area contributed by atoms with E-state index in [9.17, 15) is 0 Å². The van der Waals surface area contributed by atoms with Gasteiger partial charge >= 0.3 is 0 Å². The molecule has 0 saturated carbocycles. The summed E-state index contributed by atoms with van der Waals surface area (Å²) in [7, 11) is 0. The van der Waals surface area contributed by atoms with Gasteiger partial charge in [-0.15, -0.1) is 0 Å². The molecule has 0 unspecified atom stereocenters. The van der Waals surface area contributed by atoms with Crippen LogP contribution in [0.1, 0.15) is 75.9 Å². The van der Waals surface area contributed by atoms with Crippen LogP contribution in [-0.4, -0.2) is 0 Å². The van der Waals surface area contributed by atoms with Gasteiger partial charge in [0.1, 0.15) is 0 Å². The lowest BCUT2D eigenvalue weighted by molar-refractivity contribution is 1.09. The van der Waals surface area contributed by atoms with E-state index in [-0.39, 0.29) is 14.9 Å². The van der Waals surface area contributed by atoms with Crippen molar-refractivity contribution in [2.45, 2.75) is 82.1 Å². The average molecular weight is 407 g/mol. The minimum Gasteiger partial charge on any atom is -0.0776 e. The highest BCUT2D eigenvalue weighted by Crippen LogP contribution is 2.06. The van der Waals surface area contributed by atoms with Crippen molar-refractivity contribution in [1.82, 2.24) is 0 Å². The van der Waals surface area contributed by atoms with E-state index in [4.69, 9.17) is 0 Å². The number of benzene rings is 3. The maximum atomic E-state index is 2.28. The molecule has 0 aliphatic carbocycles. The number of aryl methyl sites for hydroxylation is 6. The van der Waals surface area contributed by atoms with E-state index in [0.717, 1.165) is 25.7 Å². The van der Waals surface area contributed by atoms with Crippen LogP contribution in [0.2, 0.25) is 0 Å². The Labute approximate surface area is 188 Å². The molecule has 0 fully saturated rings. The smallest absolute Gasteiger partial charge is 0.0307 e. The molecule has 0 atom stereocenters. The van der Waals surface area contributed by atoms with E-state index < -0.39 is 0 Å². The van der Waals surface area contributed by atoms with Gasteiger partial charge in [0.15, 0.2) is 0 Å². The SMILES string of the molecule is C.C.CCc1ccc(CC)cc1.CCc1cccc(CC)c1.Cc1ccc(C)cc1. The Bertz CT molecular complexity index is 701. The molecule has 0 saturated heterocycles. The quantitative estimate of drug-likeness (QED) is 0.405. The van der Waals surface area contributed by atoms with Crippen molar-refractivity contribution in [3.05, 3.63) is 106 Å². The zero-order valence-corrected chi connectivity index (χ0v) is 18.8. The van der Waals surface area contributed by atoms with Crippen LogP contribution in [0.15, 0.2) is 72.8 Å². The van der Waals surface area contributed by atoms with E-state index in [2.05, 4.69) is 114 Å². The standard InChI is InChI=1S/2C10H14.C8H10.2CH4/c1-3-9-5-7-10(4-2)8-6-9;1-3-9-6-5-7-10(4-2)8-9;1-7-3-5-8(2)6-4-7;;/h2*5-8H,3-4H2,1-2H3;3-6H,1-2H3;2*1H4. The molecule has 3 rings (SSSR count). The largest absolute Gasteiger partial charge is 0.0776 e. The summed E-state index contributed by atoms with van der Waals surface area (Å²) < 4.78 is 0. The fraction of sp³-hybridized carbons (Fsp3) is 0.400. The molecule has 0 nitrogen and oxygen atoms in total. The minimum absolute atomic E-state index is 0. The van der Waals surface area contributed by atoms with Gasteiger partial charge in [-0.1, -0.05) is 126 Å². The molecule has 0 bridgehead atoms. The lowest BCUT2D eigenvalue weighted by atomic mass is 10.1. The lowest BCUT2D eigenvalue weighted by Gasteiger charge is -1.98. The fourth-order valence-electron chi connectivity index (χ4n) is 2.72. The Kier molecular flexibility index (Phi) is 17.4. The Hall–Kier alpha value is -2.34. The molecule has 0 amide bonds. The molecular formula is C30H46. The summed E-state index contributed by atoms with van der Waals surface area (Å²) in [6.45, 7) is 12.9. The van der Waals surface area contributed by atoms with Crippen LogP contribution >= 0.6 is 0 Å². The molecule has 0 radical (unpaired) electrons. The van der Waals surface area contributed by atoms with Crippen LogP contribution in [0, 0.1) is 13.8 Å². The maximum absolute atomic E-state index is 2.28. The van der Waals surface area contributed by atoms with Gasteiger partial charge in [-0.25, -0.2) is 0 Å². The van der Waals surface area contributed by atoms with Crippen LogP contribution in [-0.2, 0) is 25.7 Å². The molecule has 3 aromatic carbocycles. The third-order valence-electron chi connectivity index (χ3n) is 4.87. The van der Waals surface area contributed by atoms with Crippen LogP contribution in [0.25, 0.3) is 0 Å². The molecule has 0 N–H and O–H groups in total. The summed E-state index contributed by atoms with van der Waals surface area (Å²) >= 11 is 0. The van der Waals surface area contributed by atoms with E-state index in [1.807, 2.05) is 0 Å². The lowest BCUT2D eigenvalue weighted by Crippen LogP contribution is -1.83. The third-order valence-corrected chi connectivity index (χ3v) is 4.87. The van der Waals surface area contributed by atoms with Gasteiger partial charge < -0.3 is 0 Å². The van der Waals surface area contributed by atoms with Gasteiger partial charge in [0, 0.05) is 0 Å². The first-order chi connectivity index (χ1) is 13.5. The second-order valence-electron chi connectivity index (χ2n) is 7.21. The predicted octanol–water partition coefficient (Wildman–Crippen LogP) is 9.20. The van der Waals surface area contributed by atoms with Gasteiger partial charge in [-0.05, 0) is 61.8 Å². The highest BCUT2D eigenvalue weighted by Gasteiger charge is 1.90. The van der Waals surface area contributed by atoms with Gasteiger partial charge in [-0.2, -0.15) is 0 Å². The molecule has 3 aromatic rings. The average Bonchev–Trinajstić information content (AvgIpc) is 2.76. The van der Waals surface area contributed by atoms with E-state index in [0.29, 0.717) is 0 Å². The van der Waals surface area contributed by atoms with Crippen molar-refractivity contribution in [3.8, 4) is 0 Å². The molecule has 0 heteroatoms. The van der Waals surface area contributed by atoms with E-state index in [1.165, 1.54) is 33.4 Å². The topological polar surface area (TPSA) is 0 Å². The summed E-state index contributed by atoms with van der Waals surface area (Å²) in [5, 5.41) is 0. The molecule has 166 valence electrons. The second kappa shape index (κ2) is 17.5. The molecule has 0 spiro atoms. The zero-order valence-electron chi connectivity index (χ0n) is 18.8. The first-order valence-corrected chi connectivity index (χ1v) is 10.7. The Morgan fingerprint density at radius 3 is 1.00 bits per heavy atom. The van der Waals surface area contributed by atoms with Gasteiger partial charge in [0.2, 0.25) is 0 Å². The number of hydrogen-bond donors (Lipinski definition) is 0. The first-order valence-electron chi connectivity index (χ1n) is 10.7. The summed E-state index contributed by atoms with van der Waals surface area (Å²) in [6.07, 6.45) is 4.58. The molecule has 0 heterocycles. The van der Waals surface area contributed by atoms with Crippen LogP contribution in [0.3, 0.4) is 0 Å². The minimum atomic E-state index is 0. The van der Waals surface area contributed by atoms with Crippen LogP contribution in [0.4, 0.5) is 0 Å². The number of rotatable bonds is 4. The Balaban J connectivity index is 0. The van der Waals surface area contributed by atoms with Gasteiger partial charge in [0.25, 0.3) is 0 Å². The summed E-state index contributed by atoms with van der Waals surface area (Å²) in [4.78, 5) is 0. The predicted molar refractivity (Wildman–Crippen MR) is 140 cm³/mol. The third kappa shape index (κ3) is 12.3. The molecule has 0 aliphatic rings. The van der Waals surface area contributed by atoms with Crippen LogP contribution in [0.5, 0.6) is 0 Å². The molecule has 30 heavy (non-hydrogen) atoms. The van der Waals surface area contributed by atoms with Crippen molar-refractivity contribution < 1.29 is 0 Å². The molecule has 0 aliphatic heterocycles. The normalized spacial score (nSPS) is 9.00. The zero-order chi connectivity index (χ0) is 20.8. The Morgan fingerprint density at radius 2 is 0.733 bits per heavy atom. The number of hydrogen-bond acceptors (Lipinski definition) is 0. The van der Waals surface area contributed by atoms with Gasteiger partial charge in [0.05, 0.1) is 0 Å². The monoisotopic (exact) mass is 406 g/mol. The van der Waals surface area contributed by atoms with Gasteiger partial charge in [-0.3, -0.25) is 0 Å². The van der Waals surface area contributed by atoms with E-state index >= 15 is 0 Å². The van der Waals surface area contributed by atoms with Crippen molar-refractivity contribution in [2.24, 2.45) is 0 Å². The highest BCUT2D eigenvalue weighted by atomic mass is 14.0. The molecule has 0 aromatic heterocycles.